The lowest BCUT2D eigenvalue weighted by Crippen LogP contribution is -2.33. The van der Waals surface area contributed by atoms with Crippen LogP contribution in [0.4, 0.5) is 40.8 Å². The number of carbonyl (C=O) groups excluding carboxylic acids is 3. The van der Waals surface area contributed by atoms with Gasteiger partial charge in [-0.05, 0) is 35.7 Å². The molecule has 38 heavy (non-hydrogen) atoms. The van der Waals surface area contributed by atoms with Crippen molar-refractivity contribution in [2.24, 2.45) is 0 Å². The maximum absolute atomic E-state index is 13.2. The van der Waals surface area contributed by atoms with Crippen LogP contribution < -0.4 is 25.2 Å². The third kappa shape index (κ3) is 4.58. The largest absolute Gasteiger partial charge is 0.455 e. The monoisotopic (exact) mass is 526 g/mol. The highest BCUT2D eigenvalue weighted by Crippen LogP contribution is 2.40. The van der Waals surface area contributed by atoms with Gasteiger partial charge in [-0.3, -0.25) is 19.5 Å². The number of imide groups is 1. The summed E-state index contributed by atoms with van der Waals surface area (Å²) in [6.45, 7) is 3.43. The Kier molecular flexibility index (Phi) is 6.13. The quantitative estimate of drug-likeness (QED) is 0.461. The first-order valence-corrected chi connectivity index (χ1v) is 11.5. The van der Waals surface area contributed by atoms with Gasteiger partial charge in [0.2, 0.25) is 5.91 Å². The molecule has 2 aliphatic rings. The SMILES string of the molecule is CC(C)c1cc(N2C(=O)CN(c3cncc(C(F)(F)F)c3)C2=O)ccc1Oc1ccnc2c1NCC(=O)N2. The number of amides is 4. The van der Waals surface area contributed by atoms with Crippen molar-refractivity contribution >= 4 is 40.7 Å². The van der Waals surface area contributed by atoms with E-state index in [1.54, 1.807) is 18.2 Å². The number of urea groups is 1. The lowest BCUT2D eigenvalue weighted by molar-refractivity contribution is -0.137. The van der Waals surface area contributed by atoms with Crippen LogP contribution in [0, 0.1) is 0 Å². The van der Waals surface area contributed by atoms with Gasteiger partial charge in [0, 0.05) is 18.5 Å². The normalized spacial score (nSPS) is 15.5. The van der Waals surface area contributed by atoms with Crippen LogP contribution in [-0.4, -0.2) is 40.9 Å². The average Bonchev–Trinajstić information content (AvgIpc) is 3.17. The molecule has 0 bridgehead atoms. The number of nitrogens with zero attached hydrogens (tertiary/aromatic N) is 4. The summed E-state index contributed by atoms with van der Waals surface area (Å²) in [6, 6.07) is 6.39. The van der Waals surface area contributed by atoms with E-state index in [9.17, 15) is 27.6 Å². The molecule has 0 saturated carbocycles. The van der Waals surface area contributed by atoms with Gasteiger partial charge >= 0.3 is 12.2 Å². The number of fused-ring (bicyclic) bond motifs is 1. The summed E-state index contributed by atoms with van der Waals surface area (Å²) in [6.07, 6.45) is -1.40. The van der Waals surface area contributed by atoms with Crippen molar-refractivity contribution in [3.8, 4) is 11.5 Å². The Hall–Kier alpha value is -4.68. The minimum Gasteiger partial charge on any atom is -0.455 e. The molecular formula is C25H21F3N6O4. The van der Waals surface area contributed by atoms with E-state index in [2.05, 4.69) is 20.6 Å². The van der Waals surface area contributed by atoms with Crippen molar-refractivity contribution in [3.63, 3.8) is 0 Å². The number of ether oxygens (including phenoxy) is 1. The molecule has 1 fully saturated rings. The summed E-state index contributed by atoms with van der Waals surface area (Å²) in [5.74, 6) is 0.282. The molecule has 3 aromatic rings. The number of carbonyl (C=O) groups is 3. The second kappa shape index (κ2) is 9.32. The van der Waals surface area contributed by atoms with E-state index < -0.39 is 30.2 Å². The Morgan fingerprint density at radius 1 is 1.03 bits per heavy atom. The molecule has 1 aromatic carbocycles. The molecule has 4 amide bonds. The van der Waals surface area contributed by atoms with Crippen molar-refractivity contribution in [2.75, 3.05) is 33.5 Å². The van der Waals surface area contributed by atoms with E-state index in [0.29, 0.717) is 34.8 Å². The zero-order valence-corrected chi connectivity index (χ0v) is 20.2. The molecule has 13 heteroatoms. The molecule has 5 rings (SSSR count). The summed E-state index contributed by atoms with van der Waals surface area (Å²) in [5.41, 5.74) is 0.283. The number of alkyl halides is 3. The van der Waals surface area contributed by atoms with Gasteiger partial charge in [0.15, 0.2) is 11.6 Å². The smallest absolute Gasteiger partial charge is 0.417 e. The van der Waals surface area contributed by atoms with E-state index in [4.69, 9.17) is 4.74 Å². The van der Waals surface area contributed by atoms with Gasteiger partial charge in [-0.2, -0.15) is 13.2 Å². The zero-order chi connectivity index (χ0) is 27.2. The van der Waals surface area contributed by atoms with E-state index in [1.807, 2.05) is 13.8 Å². The average molecular weight is 526 g/mol. The van der Waals surface area contributed by atoms with Gasteiger partial charge < -0.3 is 15.4 Å². The molecular weight excluding hydrogens is 505 g/mol. The van der Waals surface area contributed by atoms with Crippen LogP contribution in [0.5, 0.6) is 11.5 Å². The summed E-state index contributed by atoms with van der Waals surface area (Å²) in [4.78, 5) is 47.2. The maximum atomic E-state index is 13.2. The van der Waals surface area contributed by atoms with Crippen LogP contribution >= 0.6 is 0 Å². The lowest BCUT2D eigenvalue weighted by atomic mass is 10.0. The third-order valence-electron chi connectivity index (χ3n) is 6.02. The molecule has 2 aromatic heterocycles. The van der Waals surface area contributed by atoms with Gasteiger partial charge in [-0.15, -0.1) is 0 Å². The second-order valence-electron chi connectivity index (χ2n) is 8.94. The molecule has 0 spiro atoms. The van der Waals surface area contributed by atoms with Crippen molar-refractivity contribution < 1.29 is 32.3 Å². The highest BCUT2D eigenvalue weighted by Gasteiger charge is 2.40. The summed E-state index contributed by atoms with van der Waals surface area (Å²) in [5, 5.41) is 5.64. The molecule has 2 aliphatic heterocycles. The van der Waals surface area contributed by atoms with Crippen molar-refractivity contribution in [2.45, 2.75) is 25.9 Å². The topological polar surface area (TPSA) is 117 Å². The highest BCUT2D eigenvalue weighted by atomic mass is 19.4. The fourth-order valence-electron chi connectivity index (χ4n) is 4.16. The number of rotatable bonds is 5. The first-order valence-electron chi connectivity index (χ1n) is 11.5. The second-order valence-corrected chi connectivity index (χ2v) is 8.94. The predicted octanol–water partition coefficient (Wildman–Crippen LogP) is 4.75. The van der Waals surface area contributed by atoms with Gasteiger partial charge in [0.05, 0.1) is 29.7 Å². The summed E-state index contributed by atoms with van der Waals surface area (Å²) in [7, 11) is 0. The predicted molar refractivity (Wildman–Crippen MR) is 131 cm³/mol. The molecule has 196 valence electrons. The van der Waals surface area contributed by atoms with Crippen LogP contribution in [0.1, 0.15) is 30.9 Å². The number of pyridine rings is 2. The number of benzene rings is 1. The third-order valence-corrected chi connectivity index (χ3v) is 6.02. The summed E-state index contributed by atoms with van der Waals surface area (Å²) < 4.78 is 45.6. The number of halogens is 3. The Balaban J connectivity index is 1.44. The highest BCUT2D eigenvalue weighted by molar-refractivity contribution is 6.27. The van der Waals surface area contributed by atoms with Crippen molar-refractivity contribution in [1.82, 2.24) is 9.97 Å². The molecule has 1 saturated heterocycles. The van der Waals surface area contributed by atoms with E-state index in [0.717, 1.165) is 22.1 Å². The molecule has 2 N–H and O–H groups in total. The van der Waals surface area contributed by atoms with E-state index in [-0.39, 0.29) is 29.7 Å². The summed E-state index contributed by atoms with van der Waals surface area (Å²) >= 11 is 0. The molecule has 10 nitrogen and oxygen atoms in total. The van der Waals surface area contributed by atoms with Crippen LogP contribution in [-0.2, 0) is 15.8 Å². The fraction of sp³-hybridized carbons (Fsp3) is 0.240. The van der Waals surface area contributed by atoms with Gasteiger partial charge in [0.1, 0.15) is 18.0 Å². The first kappa shape index (κ1) is 25.0. The Morgan fingerprint density at radius 3 is 2.55 bits per heavy atom. The molecule has 0 aliphatic carbocycles. The molecule has 0 radical (unpaired) electrons. The van der Waals surface area contributed by atoms with Crippen LogP contribution in [0.15, 0.2) is 48.9 Å². The maximum Gasteiger partial charge on any atom is 0.417 e. The number of nitrogens with one attached hydrogen (secondary N) is 2. The van der Waals surface area contributed by atoms with Crippen LogP contribution in [0.25, 0.3) is 0 Å². The number of hydrogen-bond acceptors (Lipinski definition) is 7. The Bertz CT molecular complexity index is 1460. The minimum absolute atomic E-state index is 0.0576. The van der Waals surface area contributed by atoms with Crippen LogP contribution in [0.2, 0.25) is 0 Å². The lowest BCUT2D eigenvalue weighted by Gasteiger charge is -2.23. The zero-order valence-electron chi connectivity index (χ0n) is 20.2. The van der Waals surface area contributed by atoms with Crippen molar-refractivity contribution in [3.05, 3.63) is 60.0 Å². The standard InChI is InChI=1S/C25H21F3N6O4/c1-13(2)17-8-15(3-4-18(17)38-19-5-6-30-23-22(19)31-11-20(35)32-23)34-21(36)12-33(24(34)37)16-7-14(9-29-10-16)25(26,27)28/h3-10,13,31H,11-12H2,1-2H3,(H,30,32,35). The number of anilines is 4. The van der Waals surface area contributed by atoms with Crippen LogP contribution in [0.3, 0.4) is 0 Å². The van der Waals surface area contributed by atoms with Gasteiger partial charge in [0.25, 0.3) is 5.91 Å². The van der Waals surface area contributed by atoms with E-state index >= 15 is 0 Å². The first-order chi connectivity index (χ1) is 18.0. The Labute approximate surface area is 214 Å². The molecule has 0 atom stereocenters. The van der Waals surface area contributed by atoms with Gasteiger partial charge in [-0.25, -0.2) is 14.7 Å². The number of hydrogen-bond donors (Lipinski definition) is 2. The number of aromatic nitrogens is 2. The molecule has 0 unspecified atom stereocenters. The molecule has 4 heterocycles. The van der Waals surface area contributed by atoms with Crippen molar-refractivity contribution in [1.29, 1.82) is 0 Å². The van der Waals surface area contributed by atoms with E-state index in [1.165, 1.54) is 12.3 Å². The Morgan fingerprint density at radius 2 is 1.82 bits per heavy atom. The fourth-order valence-corrected chi connectivity index (χ4v) is 4.16. The minimum atomic E-state index is -4.65. The van der Waals surface area contributed by atoms with Gasteiger partial charge in [-0.1, -0.05) is 13.8 Å².